The highest BCUT2D eigenvalue weighted by Gasteiger charge is 2.63. The Balaban J connectivity index is 1.56. The van der Waals surface area contributed by atoms with E-state index >= 15 is 0 Å². The van der Waals surface area contributed by atoms with Crippen molar-refractivity contribution in [2.24, 2.45) is 46.3 Å². The second-order valence-corrected chi connectivity index (χ2v) is 11.3. The van der Waals surface area contributed by atoms with Crippen LogP contribution in [-0.4, -0.2) is 28.3 Å². The van der Waals surface area contributed by atoms with Crippen molar-refractivity contribution in [3.63, 3.8) is 0 Å². The molecule has 0 spiro atoms. The summed E-state index contributed by atoms with van der Waals surface area (Å²) in [5, 5.41) is 21.7. The van der Waals surface area contributed by atoms with Gasteiger partial charge in [0.05, 0.1) is 12.2 Å². The molecule has 4 nitrogen and oxygen atoms in total. The van der Waals surface area contributed by atoms with Crippen molar-refractivity contribution in [2.45, 2.75) is 97.2 Å². The number of carbonyl (C=O) groups is 1. The zero-order chi connectivity index (χ0) is 20.3. The molecule has 0 saturated heterocycles. The van der Waals surface area contributed by atoms with Crippen LogP contribution in [0.25, 0.3) is 0 Å². The number of hydrogen-bond donors (Lipinski definition) is 2. The van der Waals surface area contributed by atoms with Gasteiger partial charge in [-0.1, -0.05) is 20.8 Å². The molecule has 4 heteroatoms. The van der Waals surface area contributed by atoms with Gasteiger partial charge in [-0.15, -0.1) is 0 Å². The average molecular weight is 391 g/mol. The highest BCUT2D eigenvalue weighted by molar-refractivity contribution is 5.72. The molecule has 4 saturated carbocycles. The number of rotatable bonds is 4. The number of hydrogen-bond acceptors (Lipinski definition) is 3. The molecule has 0 aromatic rings. The predicted molar refractivity (Wildman–Crippen MR) is 109 cm³/mol. The minimum Gasteiger partial charge on any atom is -0.393 e. The van der Waals surface area contributed by atoms with Crippen LogP contribution in [0.5, 0.6) is 0 Å². The van der Waals surface area contributed by atoms with Gasteiger partial charge in [0.25, 0.3) is 0 Å². The molecule has 1 radical (unpaired) electrons. The van der Waals surface area contributed by atoms with Crippen LogP contribution in [0.2, 0.25) is 0 Å². The van der Waals surface area contributed by atoms with Gasteiger partial charge in [0, 0.05) is 6.42 Å². The standard InChI is InChI=1S/C24H40NO3/c1-14(4-9-22(25)28)18-7-8-19-17-6-5-15-12-16(26)10-11-23(15,2)20(17)13-21(27)24(18,19)3/h14-21,25-27H,4-13H2,1-3H3/t14-,15-,16-,17+,18-,19+,20+,21+,23+,24-/m1/s1. The minimum atomic E-state index is -0.457. The fourth-order valence-electron chi connectivity index (χ4n) is 8.72. The molecule has 0 aliphatic heterocycles. The van der Waals surface area contributed by atoms with Crippen LogP contribution in [0.15, 0.2) is 0 Å². The summed E-state index contributed by atoms with van der Waals surface area (Å²) in [7, 11) is 0. The van der Waals surface area contributed by atoms with Crippen LogP contribution in [0, 0.1) is 46.3 Å². The van der Waals surface area contributed by atoms with Crippen molar-refractivity contribution in [2.75, 3.05) is 0 Å². The van der Waals surface area contributed by atoms with E-state index in [4.69, 9.17) is 5.73 Å². The average Bonchev–Trinajstić information content (AvgIpc) is 3.00. The Hall–Kier alpha value is -0.610. The summed E-state index contributed by atoms with van der Waals surface area (Å²) in [6.45, 7) is 7.04. The van der Waals surface area contributed by atoms with Crippen LogP contribution in [0.3, 0.4) is 0 Å². The van der Waals surface area contributed by atoms with Crippen molar-refractivity contribution in [1.29, 1.82) is 0 Å². The number of nitrogens with one attached hydrogen (secondary N) is 1. The Kier molecular flexibility index (Phi) is 5.36. The van der Waals surface area contributed by atoms with Crippen LogP contribution in [-0.2, 0) is 4.79 Å². The lowest BCUT2D eigenvalue weighted by molar-refractivity contribution is -0.174. The van der Waals surface area contributed by atoms with Gasteiger partial charge in [0.2, 0.25) is 5.91 Å². The van der Waals surface area contributed by atoms with Gasteiger partial charge in [-0.05, 0) is 104 Å². The van der Waals surface area contributed by atoms with E-state index in [0.29, 0.717) is 41.9 Å². The number of aliphatic hydroxyl groups excluding tert-OH is 2. The molecule has 0 heterocycles. The third kappa shape index (κ3) is 3.05. The Morgan fingerprint density at radius 2 is 1.82 bits per heavy atom. The van der Waals surface area contributed by atoms with E-state index in [2.05, 4.69) is 20.8 Å². The molecule has 4 fully saturated rings. The van der Waals surface area contributed by atoms with Crippen LogP contribution in [0.1, 0.15) is 85.0 Å². The summed E-state index contributed by atoms with van der Waals surface area (Å²) in [6, 6.07) is 0. The molecule has 4 aliphatic rings. The van der Waals surface area contributed by atoms with Crippen molar-refractivity contribution >= 4 is 5.91 Å². The van der Waals surface area contributed by atoms with Crippen molar-refractivity contribution in [3.05, 3.63) is 0 Å². The topological polar surface area (TPSA) is 81.3 Å². The summed E-state index contributed by atoms with van der Waals surface area (Å²) in [5.41, 5.74) is 7.49. The maximum absolute atomic E-state index is 11.5. The van der Waals surface area contributed by atoms with Gasteiger partial charge < -0.3 is 10.2 Å². The SMILES string of the molecule is C[C@H](CCC([NH])=O)[C@H]1CC[C@H]2[C@@H]3CC[C@@H]4C[C@H](O)CC[C@]4(C)[C@H]3C[C@H](O)[C@]12C. The van der Waals surface area contributed by atoms with Crippen molar-refractivity contribution < 1.29 is 15.0 Å². The summed E-state index contributed by atoms with van der Waals surface area (Å²) in [4.78, 5) is 11.2. The van der Waals surface area contributed by atoms with Gasteiger partial charge in [0.1, 0.15) is 0 Å². The fraction of sp³-hybridized carbons (Fsp3) is 0.958. The molecule has 0 bridgehead atoms. The highest BCUT2D eigenvalue weighted by atomic mass is 16.3. The maximum Gasteiger partial charge on any atom is 0.238 e. The largest absolute Gasteiger partial charge is 0.393 e. The Morgan fingerprint density at radius 1 is 1.07 bits per heavy atom. The number of carbonyl (C=O) groups excluding carboxylic acids is 1. The second-order valence-electron chi connectivity index (χ2n) is 11.3. The quantitative estimate of drug-likeness (QED) is 0.755. The first-order valence-corrected chi connectivity index (χ1v) is 11.8. The van der Waals surface area contributed by atoms with E-state index in [1.54, 1.807) is 0 Å². The summed E-state index contributed by atoms with van der Waals surface area (Å²) >= 11 is 0. The van der Waals surface area contributed by atoms with Crippen molar-refractivity contribution in [3.8, 4) is 0 Å². The first-order valence-electron chi connectivity index (χ1n) is 11.8. The molecule has 0 aromatic heterocycles. The van der Waals surface area contributed by atoms with Crippen molar-refractivity contribution in [1.82, 2.24) is 5.73 Å². The predicted octanol–water partition coefficient (Wildman–Crippen LogP) is 4.20. The summed E-state index contributed by atoms with van der Waals surface area (Å²) in [6.07, 6.45) is 9.54. The highest BCUT2D eigenvalue weighted by Crippen LogP contribution is 2.68. The van der Waals surface area contributed by atoms with Gasteiger partial charge in [-0.3, -0.25) is 10.5 Å². The third-order valence-electron chi connectivity index (χ3n) is 10.3. The van der Waals surface area contributed by atoms with Crippen LogP contribution in [0.4, 0.5) is 0 Å². The molecule has 0 aromatic carbocycles. The van der Waals surface area contributed by atoms with Gasteiger partial charge in [-0.25, -0.2) is 0 Å². The fourth-order valence-corrected chi connectivity index (χ4v) is 8.72. The molecule has 4 aliphatic carbocycles. The number of aliphatic hydroxyl groups is 2. The Morgan fingerprint density at radius 3 is 2.54 bits per heavy atom. The monoisotopic (exact) mass is 390 g/mol. The minimum absolute atomic E-state index is 0.0387. The molecule has 3 N–H and O–H groups in total. The van der Waals surface area contributed by atoms with E-state index in [0.717, 1.165) is 38.5 Å². The molecule has 10 atom stereocenters. The van der Waals surface area contributed by atoms with E-state index in [-0.39, 0.29) is 23.0 Å². The van der Waals surface area contributed by atoms with E-state index in [1.807, 2.05) is 0 Å². The van der Waals surface area contributed by atoms with Crippen LogP contribution < -0.4 is 5.73 Å². The van der Waals surface area contributed by atoms with E-state index < -0.39 is 5.91 Å². The summed E-state index contributed by atoms with van der Waals surface area (Å²) < 4.78 is 0. The smallest absolute Gasteiger partial charge is 0.238 e. The first kappa shape index (κ1) is 20.7. The lowest BCUT2D eigenvalue weighted by Crippen LogP contribution is -2.58. The zero-order valence-corrected chi connectivity index (χ0v) is 18.0. The van der Waals surface area contributed by atoms with Crippen LogP contribution >= 0.6 is 0 Å². The van der Waals surface area contributed by atoms with Gasteiger partial charge in [-0.2, -0.15) is 0 Å². The first-order chi connectivity index (χ1) is 13.2. The normalized spacial score (nSPS) is 51.7. The van der Waals surface area contributed by atoms with E-state index in [1.165, 1.54) is 19.3 Å². The van der Waals surface area contributed by atoms with Gasteiger partial charge in [0.15, 0.2) is 0 Å². The Labute approximate surface area is 170 Å². The molecule has 4 rings (SSSR count). The molecular formula is C24H40NO3. The molecule has 1 amide bonds. The molecule has 0 unspecified atom stereocenters. The Bertz CT molecular complexity index is 609. The third-order valence-corrected chi connectivity index (χ3v) is 10.3. The molecule has 28 heavy (non-hydrogen) atoms. The van der Waals surface area contributed by atoms with E-state index in [9.17, 15) is 15.0 Å². The second kappa shape index (κ2) is 7.27. The lowest BCUT2D eigenvalue weighted by Gasteiger charge is -2.62. The zero-order valence-electron chi connectivity index (χ0n) is 18.0. The lowest BCUT2D eigenvalue weighted by atomic mass is 9.43. The van der Waals surface area contributed by atoms with Gasteiger partial charge >= 0.3 is 0 Å². The maximum atomic E-state index is 11.5. The summed E-state index contributed by atoms with van der Waals surface area (Å²) in [5.74, 6) is 2.91. The molecule has 159 valence electrons. The number of amides is 1. The number of fused-ring (bicyclic) bond motifs is 5. The molecular weight excluding hydrogens is 350 g/mol.